The number of likely N-dealkylation sites (N-methyl/N-ethyl adjacent to an activating group) is 1. The maximum Gasteiger partial charge on any atom is 0.409 e. The number of nitrogens with zero attached hydrogens (tertiary/aromatic N) is 2. The highest BCUT2D eigenvalue weighted by atomic mass is 19.1. The Kier molecular flexibility index (Phi) is 4.55. The predicted octanol–water partition coefficient (Wildman–Crippen LogP) is 1.46. The first-order valence-corrected chi connectivity index (χ1v) is 8.29. The Morgan fingerprint density at radius 3 is 2.76 bits per heavy atom. The molecular weight excluding hydrogens is 329 g/mol. The molecular formula is C17H22FN3O4. The molecule has 2 aliphatic heterocycles. The van der Waals surface area contributed by atoms with Crippen LogP contribution in [0.3, 0.4) is 0 Å². The van der Waals surface area contributed by atoms with Crippen molar-refractivity contribution in [2.24, 2.45) is 0 Å². The number of carbonyl (C=O) groups is 2. The Labute approximate surface area is 145 Å². The number of anilines is 1. The van der Waals surface area contributed by atoms with Crippen molar-refractivity contribution < 1.29 is 23.8 Å². The number of carbonyl (C=O) groups excluding carboxylic acids is 1. The van der Waals surface area contributed by atoms with Crippen LogP contribution in [0.2, 0.25) is 0 Å². The van der Waals surface area contributed by atoms with Crippen LogP contribution in [0, 0.1) is 5.82 Å². The number of amides is 1. The van der Waals surface area contributed by atoms with Gasteiger partial charge >= 0.3 is 6.09 Å². The first-order valence-electron chi connectivity index (χ1n) is 8.29. The second kappa shape index (κ2) is 6.51. The molecule has 2 N–H and O–H groups in total. The first kappa shape index (κ1) is 17.5. The van der Waals surface area contributed by atoms with Gasteiger partial charge in [0.2, 0.25) is 0 Å². The lowest BCUT2D eigenvalue weighted by molar-refractivity contribution is -0.130. The Morgan fingerprint density at radius 1 is 1.36 bits per heavy atom. The van der Waals surface area contributed by atoms with Crippen LogP contribution in [0.1, 0.15) is 18.9 Å². The summed E-state index contributed by atoms with van der Waals surface area (Å²) in [6.07, 6.45) is 0.400. The Bertz CT molecular complexity index is 711. The smallest absolute Gasteiger partial charge is 0.409 e. The molecule has 0 spiro atoms. The maximum atomic E-state index is 14.1. The van der Waals surface area contributed by atoms with E-state index in [9.17, 15) is 19.1 Å². The predicted molar refractivity (Wildman–Crippen MR) is 89.6 cm³/mol. The third kappa shape index (κ3) is 2.90. The lowest BCUT2D eigenvalue weighted by Gasteiger charge is -2.48. The number of ketones is 1. The summed E-state index contributed by atoms with van der Waals surface area (Å²) in [5.41, 5.74) is -0.00165. The summed E-state index contributed by atoms with van der Waals surface area (Å²) < 4.78 is 19.8. The maximum absolute atomic E-state index is 14.1. The average Bonchev–Trinajstić information content (AvgIpc) is 2.59. The second-order valence-electron chi connectivity index (χ2n) is 6.39. The van der Waals surface area contributed by atoms with Crippen LogP contribution in [-0.4, -0.2) is 60.8 Å². The van der Waals surface area contributed by atoms with Gasteiger partial charge in [-0.3, -0.25) is 15.0 Å². The molecule has 0 bridgehead atoms. The molecule has 0 aromatic heterocycles. The van der Waals surface area contributed by atoms with Gasteiger partial charge in [0.05, 0.1) is 18.8 Å². The minimum Gasteiger partial charge on any atom is -0.491 e. The molecule has 1 saturated heterocycles. The van der Waals surface area contributed by atoms with Crippen LogP contribution in [0.25, 0.3) is 0 Å². The van der Waals surface area contributed by atoms with Gasteiger partial charge in [-0.15, -0.1) is 0 Å². The zero-order valence-corrected chi connectivity index (χ0v) is 14.3. The normalized spacial score (nSPS) is 23.0. The molecule has 1 aromatic rings. The fourth-order valence-electron chi connectivity index (χ4n) is 3.67. The van der Waals surface area contributed by atoms with Gasteiger partial charge in [-0.05, 0) is 38.4 Å². The van der Waals surface area contributed by atoms with Crippen molar-refractivity contribution >= 4 is 17.6 Å². The van der Waals surface area contributed by atoms with Crippen molar-refractivity contribution in [2.75, 3.05) is 38.2 Å². The summed E-state index contributed by atoms with van der Waals surface area (Å²) in [6, 6.07) is 2.86. The molecule has 2 aliphatic rings. The second-order valence-corrected chi connectivity index (χ2v) is 6.39. The van der Waals surface area contributed by atoms with E-state index in [1.54, 1.807) is 7.05 Å². The van der Waals surface area contributed by atoms with Crippen LogP contribution in [0.4, 0.5) is 14.9 Å². The molecule has 0 saturated carbocycles. The van der Waals surface area contributed by atoms with E-state index in [-0.39, 0.29) is 24.7 Å². The molecule has 1 unspecified atom stereocenters. The minimum absolute atomic E-state index is 0.0877. The molecule has 1 amide bonds. The number of fused-ring (bicyclic) bond motifs is 1. The number of hydrogen-bond donors (Lipinski definition) is 2. The lowest BCUT2D eigenvalue weighted by Crippen LogP contribution is -2.73. The van der Waals surface area contributed by atoms with Crippen molar-refractivity contribution in [3.63, 3.8) is 0 Å². The van der Waals surface area contributed by atoms with E-state index >= 15 is 0 Å². The van der Waals surface area contributed by atoms with Gasteiger partial charge in [-0.2, -0.15) is 0 Å². The molecule has 1 fully saturated rings. The summed E-state index contributed by atoms with van der Waals surface area (Å²) in [6.45, 7) is 2.48. The fraction of sp³-hybridized carbons (Fsp3) is 0.529. The summed E-state index contributed by atoms with van der Waals surface area (Å²) in [5, 5.41) is 12.3. The SMILES string of the molecule is CNC1(C(C)=O)CN(c2cc(F)cc3c2OCCC3)CCN1C(=O)O. The Balaban J connectivity index is 2.01. The minimum atomic E-state index is -1.38. The average molecular weight is 351 g/mol. The van der Waals surface area contributed by atoms with Crippen molar-refractivity contribution in [3.8, 4) is 5.75 Å². The quantitative estimate of drug-likeness (QED) is 0.858. The number of aryl methyl sites for hydroxylation is 1. The number of halogens is 1. The molecule has 136 valence electrons. The van der Waals surface area contributed by atoms with Gasteiger partial charge in [0, 0.05) is 19.2 Å². The topological polar surface area (TPSA) is 82.1 Å². The van der Waals surface area contributed by atoms with Crippen molar-refractivity contribution in [2.45, 2.75) is 25.4 Å². The van der Waals surface area contributed by atoms with Gasteiger partial charge in [0.1, 0.15) is 11.6 Å². The van der Waals surface area contributed by atoms with Gasteiger partial charge in [0.25, 0.3) is 0 Å². The highest BCUT2D eigenvalue weighted by Crippen LogP contribution is 2.38. The molecule has 8 heteroatoms. The van der Waals surface area contributed by atoms with Gasteiger partial charge in [-0.1, -0.05) is 0 Å². The van der Waals surface area contributed by atoms with E-state index in [2.05, 4.69) is 5.32 Å². The van der Waals surface area contributed by atoms with E-state index in [4.69, 9.17) is 4.74 Å². The van der Waals surface area contributed by atoms with E-state index < -0.39 is 11.8 Å². The Hall–Kier alpha value is -2.35. The molecule has 0 radical (unpaired) electrons. The third-order valence-corrected chi connectivity index (χ3v) is 4.99. The largest absolute Gasteiger partial charge is 0.491 e. The summed E-state index contributed by atoms with van der Waals surface area (Å²) in [5.74, 6) is -0.0453. The fourth-order valence-corrected chi connectivity index (χ4v) is 3.67. The molecule has 2 heterocycles. The van der Waals surface area contributed by atoms with Crippen LogP contribution >= 0.6 is 0 Å². The van der Waals surface area contributed by atoms with Crippen molar-refractivity contribution in [3.05, 3.63) is 23.5 Å². The van der Waals surface area contributed by atoms with Gasteiger partial charge in [-0.25, -0.2) is 9.18 Å². The van der Waals surface area contributed by atoms with E-state index in [0.29, 0.717) is 24.6 Å². The number of nitrogens with one attached hydrogen (secondary N) is 1. The molecule has 25 heavy (non-hydrogen) atoms. The van der Waals surface area contributed by atoms with E-state index in [1.165, 1.54) is 19.1 Å². The van der Waals surface area contributed by atoms with Crippen LogP contribution in [0.15, 0.2) is 12.1 Å². The molecule has 1 atom stereocenters. The number of benzene rings is 1. The van der Waals surface area contributed by atoms with E-state index in [1.807, 2.05) is 4.90 Å². The zero-order valence-electron chi connectivity index (χ0n) is 14.3. The summed E-state index contributed by atoms with van der Waals surface area (Å²) in [7, 11) is 1.55. The molecule has 0 aliphatic carbocycles. The number of hydrogen-bond acceptors (Lipinski definition) is 5. The van der Waals surface area contributed by atoms with Gasteiger partial charge in [0.15, 0.2) is 11.4 Å². The highest BCUT2D eigenvalue weighted by molar-refractivity contribution is 5.90. The van der Waals surface area contributed by atoms with Crippen LogP contribution in [-0.2, 0) is 11.2 Å². The van der Waals surface area contributed by atoms with Crippen LogP contribution in [0.5, 0.6) is 5.75 Å². The standard InChI is InChI=1S/C17H22FN3O4/c1-11(22)17(19-2)10-20(5-6-21(17)16(23)24)14-9-13(18)8-12-4-3-7-25-15(12)14/h8-9,19H,3-7,10H2,1-2H3,(H,23,24). The first-order chi connectivity index (χ1) is 11.9. The van der Waals surface area contributed by atoms with Crippen molar-refractivity contribution in [1.82, 2.24) is 10.2 Å². The molecule has 1 aromatic carbocycles. The van der Waals surface area contributed by atoms with Crippen LogP contribution < -0.4 is 15.0 Å². The summed E-state index contributed by atoms with van der Waals surface area (Å²) in [4.78, 5) is 26.8. The number of Topliss-reactive ketones (excluding diaryl/α,β-unsaturated/α-hetero) is 1. The van der Waals surface area contributed by atoms with E-state index in [0.717, 1.165) is 23.3 Å². The molecule has 3 rings (SSSR count). The third-order valence-electron chi connectivity index (χ3n) is 4.99. The Morgan fingerprint density at radius 2 is 2.12 bits per heavy atom. The number of ether oxygens (including phenoxy) is 1. The zero-order chi connectivity index (χ0) is 18.2. The number of rotatable bonds is 3. The van der Waals surface area contributed by atoms with Gasteiger partial charge < -0.3 is 14.7 Å². The summed E-state index contributed by atoms with van der Waals surface area (Å²) >= 11 is 0. The van der Waals surface area contributed by atoms with Crippen molar-refractivity contribution in [1.29, 1.82) is 0 Å². The monoisotopic (exact) mass is 351 g/mol. The molecule has 7 nitrogen and oxygen atoms in total. The number of piperazine rings is 1. The number of carboxylic acid groups (broad SMARTS) is 1. The lowest BCUT2D eigenvalue weighted by atomic mass is 9.98. The highest BCUT2D eigenvalue weighted by Gasteiger charge is 2.48.